The van der Waals surface area contributed by atoms with Gasteiger partial charge in [-0.1, -0.05) is 24.6 Å². The van der Waals surface area contributed by atoms with Crippen LogP contribution in [0.3, 0.4) is 0 Å². The molecule has 21 heavy (non-hydrogen) atoms. The highest BCUT2D eigenvalue weighted by Gasteiger charge is 2.19. The first-order valence-corrected chi connectivity index (χ1v) is 7.40. The predicted molar refractivity (Wildman–Crippen MR) is 81.7 cm³/mol. The van der Waals surface area contributed by atoms with Crippen molar-refractivity contribution in [2.45, 2.75) is 46.2 Å². The van der Waals surface area contributed by atoms with Crippen molar-refractivity contribution in [3.8, 4) is 0 Å². The molecule has 0 bridgehead atoms. The van der Waals surface area contributed by atoms with Crippen molar-refractivity contribution in [1.82, 2.24) is 20.1 Å². The summed E-state index contributed by atoms with van der Waals surface area (Å²) in [5, 5.41) is 7.60. The Balaban J connectivity index is 2.31. The van der Waals surface area contributed by atoms with Crippen LogP contribution >= 0.6 is 0 Å². The Morgan fingerprint density at radius 2 is 2.10 bits per heavy atom. The van der Waals surface area contributed by atoms with Crippen molar-refractivity contribution < 1.29 is 4.39 Å². The van der Waals surface area contributed by atoms with Gasteiger partial charge in [0, 0.05) is 24.1 Å². The standard InChI is InChI=1S/C16H23FN4/c1-5-18-15(13-8-12(4)6-7-14(13)17)9-16-19-10-20-21(16)11(2)3/h6-8,10-11,15,18H,5,9H2,1-4H3. The molecule has 0 radical (unpaired) electrons. The van der Waals surface area contributed by atoms with Gasteiger partial charge in [0.05, 0.1) is 0 Å². The quantitative estimate of drug-likeness (QED) is 0.888. The van der Waals surface area contributed by atoms with Gasteiger partial charge in [0.25, 0.3) is 0 Å². The maximum Gasteiger partial charge on any atom is 0.138 e. The average Bonchev–Trinajstić information content (AvgIpc) is 2.89. The van der Waals surface area contributed by atoms with Crippen molar-refractivity contribution in [3.63, 3.8) is 0 Å². The number of halogens is 1. The van der Waals surface area contributed by atoms with Crippen LogP contribution in [0.5, 0.6) is 0 Å². The second kappa shape index (κ2) is 6.80. The van der Waals surface area contributed by atoms with E-state index < -0.39 is 0 Å². The Morgan fingerprint density at radius 1 is 1.33 bits per heavy atom. The molecule has 2 aromatic rings. The lowest BCUT2D eigenvalue weighted by atomic mass is 10.0. The molecular formula is C16H23FN4. The SMILES string of the molecule is CCNC(Cc1ncnn1C(C)C)c1cc(C)ccc1F. The van der Waals surface area contributed by atoms with Gasteiger partial charge < -0.3 is 5.32 Å². The summed E-state index contributed by atoms with van der Waals surface area (Å²) in [4.78, 5) is 4.33. The van der Waals surface area contributed by atoms with Crippen LogP contribution in [0.1, 0.15) is 49.8 Å². The van der Waals surface area contributed by atoms with Crippen LogP contribution in [0.15, 0.2) is 24.5 Å². The van der Waals surface area contributed by atoms with E-state index in [0.717, 1.165) is 17.9 Å². The molecule has 0 spiro atoms. The van der Waals surface area contributed by atoms with Crippen LogP contribution in [0.2, 0.25) is 0 Å². The largest absolute Gasteiger partial charge is 0.310 e. The molecule has 0 saturated heterocycles. The monoisotopic (exact) mass is 290 g/mol. The lowest BCUT2D eigenvalue weighted by molar-refractivity contribution is 0.457. The van der Waals surface area contributed by atoms with E-state index in [4.69, 9.17) is 0 Å². The normalized spacial score (nSPS) is 12.9. The molecule has 1 heterocycles. The maximum atomic E-state index is 14.1. The summed E-state index contributed by atoms with van der Waals surface area (Å²) in [7, 11) is 0. The number of aromatic nitrogens is 3. The summed E-state index contributed by atoms with van der Waals surface area (Å²) in [6.45, 7) is 8.89. The van der Waals surface area contributed by atoms with E-state index in [1.807, 2.05) is 24.6 Å². The van der Waals surface area contributed by atoms with Gasteiger partial charge in [-0.25, -0.2) is 14.1 Å². The van der Waals surface area contributed by atoms with E-state index in [1.54, 1.807) is 12.4 Å². The number of nitrogens with zero attached hydrogens (tertiary/aromatic N) is 3. The number of benzene rings is 1. The highest BCUT2D eigenvalue weighted by Crippen LogP contribution is 2.22. The predicted octanol–water partition coefficient (Wildman–Crippen LogP) is 3.20. The fourth-order valence-electron chi connectivity index (χ4n) is 2.50. The number of aryl methyl sites for hydroxylation is 1. The van der Waals surface area contributed by atoms with Crippen molar-refractivity contribution in [3.05, 3.63) is 47.3 Å². The van der Waals surface area contributed by atoms with E-state index >= 15 is 0 Å². The minimum Gasteiger partial charge on any atom is -0.310 e. The summed E-state index contributed by atoms with van der Waals surface area (Å²) < 4.78 is 16.0. The van der Waals surface area contributed by atoms with Crippen LogP contribution in [0, 0.1) is 12.7 Å². The fraction of sp³-hybridized carbons (Fsp3) is 0.500. The Hall–Kier alpha value is -1.75. The van der Waals surface area contributed by atoms with Gasteiger partial charge in [0.2, 0.25) is 0 Å². The third-order valence-corrected chi connectivity index (χ3v) is 3.50. The van der Waals surface area contributed by atoms with E-state index in [-0.39, 0.29) is 17.9 Å². The molecule has 1 aromatic carbocycles. The van der Waals surface area contributed by atoms with Gasteiger partial charge >= 0.3 is 0 Å². The Bertz CT molecular complexity index is 592. The van der Waals surface area contributed by atoms with Crippen molar-refractivity contribution >= 4 is 0 Å². The van der Waals surface area contributed by atoms with Crippen LogP contribution in [-0.2, 0) is 6.42 Å². The van der Waals surface area contributed by atoms with Gasteiger partial charge in [-0.05, 0) is 33.4 Å². The number of rotatable bonds is 6. The zero-order valence-electron chi connectivity index (χ0n) is 13.1. The second-order valence-corrected chi connectivity index (χ2v) is 5.55. The highest BCUT2D eigenvalue weighted by atomic mass is 19.1. The van der Waals surface area contributed by atoms with Gasteiger partial charge in [0.1, 0.15) is 18.0 Å². The molecule has 0 aliphatic rings. The summed E-state index contributed by atoms with van der Waals surface area (Å²) in [5.74, 6) is 0.694. The molecule has 0 amide bonds. The molecule has 1 N–H and O–H groups in total. The van der Waals surface area contributed by atoms with Crippen LogP contribution in [0.25, 0.3) is 0 Å². The van der Waals surface area contributed by atoms with E-state index in [9.17, 15) is 4.39 Å². The summed E-state index contributed by atoms with van der Waals surface area (Å²) in [6, 6.07) is 5.36. The second-order valence-electron chi connectivity index (χ2n) is 5.55. The number of likely N-dealkylation sites (N-methyl/N-ethyl adjacent to an activating group) is 1. The van der Waals surface area contributed by atoms with Crippen molar-refractivity contribution in [1.29, 1.82) is 0 Å². The minimum absolute atomic E-state index is 0.100. The first kappa shape index (κ1) is 15.6. The van der Waals surface area contributed by atoms with Crippen molar-refractivity contribution in [2.24, 2.45) is 0 Å². The van der Waals surface area contributed by atoms with Gasteiger partial charge in [-0.2, -0.15) is 5.10 Å². The van der Waals surface area contributed by atoms with Gasteiger partial charge in [-0.3, -0.25) is 0 Å². The van der Waals surface area contributed by atoms with Crippen LogP contribution in [0.4, 0.5) is 4.39 Å². The highest BCUT2D eigenvalue weighted by molar-refractivity contribution is 5.27. The molecule has 114 valence electrons. The average molecular weight is 290 g/mol. The first-order chi connectivity index (χ1) is 10.0. The third kappa shape index (κ3) is 3.67. The fourth-order valence-corrected chi connectivity index (χ4v) is 2.50. The lowest BCUT2D eigenvalue weighted by Crippen LogP contribution is -2.26. The zero-order chi connectivity index (χ0) is 15.4. The topological polar surface area (TPSA) is 42.7 Å². The van der Waals surface area contributed by atoms with E-state index in [1.165, 1.54) is 6.07 Å². The molecule has 2 rings (SSSR count). The molecule has 4 nitrogen and oxygen atoms in total. The molecule has 0 aliphatic carbocycles. The number of hydrogen-bond acceptors (Lipinski definition) is 3. The Morgan fingerprint density at radius 3 is 2.76 bits per heavy atom. The lowest BCUT2D eigenvalue weighted by Gasteiger charge is -2.20. The smallest absolute Gasteiger partial charge is 0.138 e. The molecular weight excluding hydrogens is 267 g/mol. The molecule has 1 unspecified atom stereocenters. The number of nitrogens with one attached hydrogen (secondary N) is 1. The molecule has 0 aliphatic heterocycles. The Labute approximate surface area is 125 Å². The maximum absolute atomic E-state index is 14.1. The Kier molecular flexibility index (Phi) is 5.07. The first-order valence-electron chi connectivity index (χ1n) is 7.40. The van der Waals surface area contributed by atoms with E-state index in [2.05, 4.69) is 29.2 Å². The van der Waals surface area contributed by atoms with E-state index in [0.29, 0.717) is 12.0 Å². The van der Waals surface area contributed by atoms with Gasteiger partial charge in [0.15, 0.2) is 0 Å². The summed E-state index contributed by atoms with van der Waals surface area (Å²) >= 11 is 0. The third-order valence-electron chi connectivity index (χ3n) is 3.50. The minimum atomic E-state index is -0.179. The number of hydrogen-bond donors (Lipinski definition) is 1. The van der Waals surface area contributed by atoms with Crippen molar-refractivity contribution in [2.75, 3.05) is 6.54 Å². The zero-order valence-corrected chi connectivity index (χ0v) is 13.1. The molecule has 1 aromatic heterocycles. The molecule has 1 atom stereocenters. The van der Waals surface area contributed by atoms with Crippen LogP contribution < -0.4 is 5.32 Å². The molecule has 0 saturated carbocycles. The van der Waals surface area contributed by atoms with Crippen LogP contribution in [-0.4, -0.2) is 21.3 Å². The van der Waals surface area contributed by atoms with Gasteiger partial charge in [-0.15, -0.1) is 0 Å². The summed E-state index contributed by atoms with van der Waals surface area (Å²) in [5.41, 5.74) is 1.75. The molecule has 5 heteroatoms. The summed E-state index contributed by atoms with van der Waals surface area (Å²) in [6.07, 6.45) is 2.18. The molecule has 0 fully saturated rings.